The molecular weight excluding hydrogens is 248 g/mol. The Balaban J connectivity index is 2.67. The van der Waals surface area contributed by atoms with Gasteiger partial charge in [-0.3, -0.25) is 4.99 Å². The molecule has 0 aliphatic heterocycles. The number of nitrogens with zero attached hydrogens (tertiary/aromatic N) is 1. The molecule has 1 heterocycles. The zero-order valence-corrected chi connectivity index (χ0v) is 10.2. The van der Waals surface area contributed by atoms with Crippen LogP contribution in [0.25, 0.3) is 0 Å². The Bertz CT molecular complexity index is 304. The predicted molar refractivity (Wildman–Crippen MR) is 62.4 cm³/mol. The zero-order valence-electron chi connectivity index (χ0n) is 7.75. The van der Waals surface area contributed by atoms with Crippen LogP contribution < -0.4 is 5.73 Å². The number of hydrogen-bond donors (Lipinski definition) is 1. The van der Waals surface area contributed by atoms with Crippen LogP contribution in [0.15, 0.2) is 20.9 Å². The fourth-order valence-corrected chi connectivity index (χ4v) is 2.12. The van der Waals surface area contributed by atoms with Gasteiger partial charge in [0.15, 0.2) is 0 Å². The largest absolute Gasteiger partial charge is 0.383 e. The van der Waals surface area contributed by atoms with Crippen molar-refractivity contribution in [1.29, 1.82) is 0 Å². The number of nitrogens with two attached hydrogens (primary N) is 1. The lowest BCUT2D eigenvalue weighted by atomic mass is 10.2. The summed E-state index contributed by atoms with van der Waals surface area (Å²) in [6, 6.07) is 3.96. The van der Waals surface area contributed by atoms with Gasteiger partial charge in [0.25, 0.3) is 0 Å². The molecule has 13 heavy (non-hydrogen) atoms. The normalized spacial score (nSPS) is 12.5. The van der Waals surface area contributed by atoms with Gasteiger partial charge in [-0.15, -0.1) is 11.3 Å². The van der Waals surface area contributed by atoms with Crippen molar-refractivity contribution in [3.05, 3.63) is 20.8 Å². The maximum atomic E-state index is 5.80. The Morgan fingerprint density at radius 1 is 1.62 bits per heavy atom. The molecule has 0 aliphatic rings. The molecule has 0 spiro atoms. The van der Waals surface area contributed by atoms with Crippen LogP contribution in [0.1, 0.15) is 18.7 Å². The van der Waals surface area contributed by atoms with E-state index in [-0.39, 0.29) is 0 Å². The van der Waals surface area contributed by atoms with Crippen molar-refractivity contribution in [3.63, 3.8) is 0 Å². The molecular formula is C9H13BrN2S. The molecule has 0 saturated heterocycles. The first-order valence-corrected chi connectivity index (χ1v) is 5.76. The topological polar surface area (TPSA) is 38.4 Å². The molecule has 1 aromatic rings. The van der Waals surface area contributed by atoms with E-state index in [9.17, 15) is 0 Å². The number of amidine groups is 1. The SMILES string of the molecule is CC(C)CN=C(N)c1ccc(Br)s1. The van der Waals surface area contributed by atoms with E-state index < -0.39 is 0 Å². The molecule has 0 amide bonds. The quantitative estimate of drug-likeness (QED) is 0.659. The summed E-state index contributed by atoms with van der Waals surface area (Å²) in [5.41, 5.74) is 5.80. The van der Waals surface area contributed by atoms with Crippen molar-refractivity contribution < 1.29 is 0 Å². The second-order valence-electron chi connectivity index (χ2n) is 3.22. The van der Waals surface area contributed by atoms with Gasteiger partial charge in [0.2, 0.25) is 0 Å². The molecule has 0 fully saturated rings. The van der Waals surface area contributed by atoms with Crippen molar-refractivity contribution in [1.82, 2.24) is 0 Å². The minimum Gasteiger partial charge on any atom is -0.383 e. The molecule has 2 N–H and O–H groups in total. The van der Waals surface area contributed by atoms with Gasteiger partial charge in [-0.05, 0) is 34.0 Å². The van der Waals surface area contributed by atoms with E-state index in [1.54, 1.807) is 11.3 Å². The number of rotatable bonds is 3. The number of halogens is 1. The van der Waals surface area contributed by atoms with Crippen LogP contribution in [0.3, 0.4) is 0 Å². The van der Waals surface area contributed by atoms with E-state index in [4.69, 9.17) is 5.73 Å². The molecule has 0 aromatic carbocycles. The summed E-state index contributed by atoms with van der Waals surface area (Å²) in [7, 11) is 0. The fourth-order valence-electron chi connectivity index (χ4n) is 0.811. The van der Waals surface area contributed by atoms with E-state index in [2.05, 4.69) is 34.8 Å². The van der Waals surface area contributed by atoms with Crippen molar-refractivity contribution in [3.8, 4) is 0 Å². The summed E-state index contributed by atoms with van der Waals surface area (Å²) in [6.45, 7) is 5.05. The van der Waals surface area contributed by atoms with E-state index in [0.717, 1.165) is 15.2 Å². The number of hydrogen-bond acceptors (Lipinski definition) is 2. The fraction of sp³-hybridized carbons (Fsp3) is 0.444. The highest BCUT2D eigenvalue weighted by Gasteiger charge is 2.01. The van der Waals surface area contributed by atoms with Crippen LogP contribution in [0.5, 0.6) is 0 Å². The van der Waals surface area contributed by atoms with Gasteiger partial charge in [0.05, 0.1) is 8.66 Å². The van der Waals surface area contributed by atoms with E-state index in [0.29, 0.717) is 11.8 Å². The van der Waals surface area contributed by atoms with Gasteiger partial charge in [-0.1, -0.05) is 13.8 Å². The highest BCUT2D eigenvalue weighted by molar-refractivity contribution is 9.11. The van der Waals surface area contributed by atoms with Crippen LogP contribution in [0.4, 0.5) is 0 Å². The summed E-state index contributed by atoms with van der Waals surface area (Å²) in [4.78, 5) is 5.33. The summed E-state index contributed by atoms with van der Waals surface area (Å²) < 4.78 is 1.09. The van der Waals surface area contributed by atoms with Gasteiger partial charge in [-0.25, -0.2) is 0 Å². The van der Waals surface area contributed by atoms with Gasteiger partial charge < -0.3 is 5.73 Å². The van der Waals surface area contributed by atoms with Crippen LogP contribution >= 0.6 is 27.3 Å². The molecule has 0 unspecified atom stereocenters. The predicted octanol–water partition coefficient (Wildman–Crippen LogP) is 2.87. The molecule has 0 bridgehead atoms. The number of thiophene rings is 1. The smallest absolute Gasteiger partial charge is 0.135 e. The third kappa shape index (κ3) is 3.48. The lowest BCUT2D eigenvalue weighted by Gasteiger charge is -2.00. The molecule has 1 aromatic heterocycles. The highest BCUT2D eigenvalue weighted by Crippen LogP contribution is 2.21. The standard InChI is InChI=1S/C9H13BrN2S/c1-6(2)5-12-9(11)7-3-4-8(10)13-7/h3-4,6H,5H2,1-2H3,(H2,11,12). The average Bonchev–Trinajstić information content (AvgIpc) is 2.47. The Morgan fingerprint density at radius 3 is 2.77 bits per heavy atom. The van der Waals surface area contributed by atoms with Gasteiger partial charge in [0.1, 0.15) is 5.84 Å². The molecule has 0 aliphatic carbocycles. The van der Waals surface area contributed by atoms with Crippen molar-refractivity contribution >= 4 is 33.1 Å². The van der Waals surface area contributed by atoms with E-state index in [1.165, 1.54) is 0 Å². The zero-order chi connectivity index (χ0) is 9.84. The molecule has 0 atom stereocenters. The summed E-state index contributed by atoms with van der Waals surface area (Å²) >= 11 is 5.00. The third-order valence-corrected chi connectivity index (χ3v) is 3.10. The summed E-state index contributed by atoms with van der Waals surface area (Å²) in [6.07, 6.45) is 0. The molecule has 0 saturated carbocycles. The maximum Gasteiger partial charge on any atom is 0.135 e. The van der Waals surface area contributed by atoms with Gasteiger partial charge in [0, 0.05) is 6.54 Å². The Kier molecular flexibility index (Phi) is 3.93. The van der Waals surface area contributed by atoms with Crippen molar-refractivity contribution in [2.45, 2.75) is 13.8 Å². The second kappa shape index (κ2) is 4.77. The first-order chi connectivity index (χ1) is 6.09. The third-order valence-electron chi connectivity index (χ3n) is 1.45. The minimum atomic E-state index is 0.557. The Hall–Kier alpha value is -0.350. The van der Waals surface area contributed by atoms with Crippen LogP contribution in [0, 0.1) is 5.92 Å². The van der Waals surface area contributed by atoms with Crippen LogP contribution in [0.2, 0.25) is 0 Å². The summed E-state index contributed by atoms with van der Waals surface area (Å²) in [5.74, 6) is 1.20. The van der Waals surface area contributed by atoms with E-state index >= 15 is 0 Å². The van der Waals surface area contributed by atoms with Crippen molar-refractivity contribution in [2.24, 2.45) is 16.6 Å². The monoisotopic (exact) mass is 260 g/mol. The summed E-state index contributed by atoms with van der Waals surface area (Å²) in [5, 5.41) is 0. The molecule has 0 radical (unpaired) electrons. The molecule has 4 heteroatoms. The van der Waals surface area contributed by atoms with Crippen molar-refractivity contribution in [2.75, 3.05) is 6.54 Å². The minimum absolute atomic E-state index is 0.557. The van der Waals surface area contributed by atoms with Gasteiger partial charge in [-0.2, -0.15) is 0 Å². The van der Waals surface area contributed by atoms with Crippen LogP contribution in [-0.4, -0.2) is 12.4 Å². The Labute approximate surface area is 91.0 Å². The number of aliphatic imine (C=N–C) groups is 1. The Morgan fingerprint density at radius 2 is 2.31 bits per heavy atom. The molecule has 2 nitrogen and oxygen atoms in total. The highest BCUT2D eigenvalue weighted by atomic mass is 79.9. The van der Waals surface area contributed by atoms with E-state index in [1.807, 2.05) is 12.1 Å². The maximum absolute atomic E-state index is 5.80. The second-order valence-corrected chi connectivity index (χ2v) is 5.69. The molecule has 72 valence electrons. The first-order valence-electron chi connectivity index (χ1n) is 4.15. The van der Waals surface area contributed by atoms with Gasteiger partial charge >= 0.3 is 0 Å². The lowest BCUT2D eigenvalue weighted by Crippen LogP contribution is -2.13. The first kappa shape index (κ1) is 10.7. The van der Waals surface area contributed by atoms with Crippen LogP contribution in [-0.2, 0) is 0 Å². The average molecular weight is 261 g/mol. The lowest BCUT2D eigenvalue weighted by molar-refractivity contribution is 0.665. The molecule has 1 rings (SSSR count).